The van der Waals surface area contributed by atoms with E-state index < -0.39 is 0 Å². The van der Waals surface area contributed by atoms with E-state index in [1.54, 1.807) is 0 Å². The molecule has 3 rings (SSSR count). The summed E-state index contributed by atoms with van der Waals surface area (Å²) in [6.45, 7) is 4.52. The molecule has 1 saturated heterocycles. The van der Waals surface area contributed by atoms with Crippen molar-refractivity contribution in [1.29, 1.82) is 0 Å². The molecule has 0 radical (unpaired) electrons. The fourth-order valence-corrected chi connectivity index (χ4v) is 3.27. The summed E-state index contributed by atoms with van der Waals surface area (Å²) >= 11 is 0. The minimum atomic E-state index is 0.302. The lowest BCUT2D eigenvalue weighted by Gasteiger charge is -2.28. The van der Waals surface area contributed by atoms with Crippen LogP contribution in [0, 0.1) is 0 Å². The second-order valence-electron chi connectivity index (χ2n) is 5.82. The van der Waals surface area contributed by atoms with E-state index in [2.05, 4.69) is 33.8 Å². The predicted octanol–water partition coefficient (Wildman–Crippen LogP) is 2.23. The zero-order valence-electron chi connectivity index (χ0n) is 12.2. The van der Waals surface area contributed by atoms with Crippen LogP contribution in [0.3, 0.4) is 0 Å². The molecule has 1 aromatic rings. The zero-order chi connectivity index (χ0) is 13.9. The van der Waals surface area contributed by atoms with Crippen molar-refractivity contribution in [2.45, 2.75) is 44.7 Å². The van der Waals surface area contributed by atoms with Crippen molar-refractivity contribution in [3.05, 3.63) is 30.1 Å². The smallest absolute Gasteiger partial charge is 0.237 e. The van der Waals surface area contributed by atoms with Crippen LogP contribution in [0.5, 0.6) is 0 Å². The fourth-order valence-electron chi connectivity index (χ4n) is 3.27. The quantitative estimate of drug-likeness (QED) is 0.825. The van der Waals surface area contributed by atoms with Gasteiger partial charge in [0, 0.05) is 31.0 Å². The van der Waals surface area contributed by atoms with Crippen LogP contribution in [0.1, 0.15) is 44.2 Å². The van der Waals surface area contributed by atoms with Gasteiger partial charge in [-0.3, -0.25) is 14.7 Å². The molecule has 4 heteroatoms. The first kappa shape index (κ1) is 13.6. The van der Waals surface area contributed by atoms with Crippen molar-refractivity contribution >= 4 is 5.91 Å². The van der Waals surface area contributed by atoms with Crippen molar-refractivity contribution in [3.8, 4) is 0 Å². The van der Waals surface area contributed by atoms with E-state index in [9.17, 15) is 4.79 Å². The number of carbonyl (C=O) groups excluding carboxylic acids is 1. The molecule has 0 unspecified atom stereocenters. The summed E-state index contributed by atoms with van der Waals surface area (Å²) in [6, 6.07) is 5.06. The van der Waals surface area contributed by atoms with Crippen molar-refractivity contribution in [2.75, 3.05) is 19.6 Å². The summed E-state index contributed by atoms with van der Waals surface area (Å²) in [7, 11) is 0. The number of amides is 1. The number of rotatable bonds is 5. The second-order valence-corrected chi connectivity index (χ2v) is 5.82. The predicted molar refractivity (Wildman–Crippen MR) is 78.2 cm³/mol. The largest absolute Gasteiger partial charge is 0.339 e. The first-order chi connectivity index (χ1) is 9.79. The molecular formula is C16H23N3O. The highest BCUT2D eigenvalue weighted by atomic mass is 16.2. The van der Waals surface area contributed by atoms with Crippen LogP contribution in [-0.4, -0.2) is 46.4 Å². The van der Waals surface area contributed by atoms with Gasteiger partial charge in [0.1, 0.15) is 0 Å². The summed E-state index contributed by atoms with van der Waals surface area (Å²) in [5.41, 5.74) is 1.29. The third-order valence-electron chi connectivity index (χ3n) is 4.44. The molecule has 4 nitrogen and oxygen atoms in total. The molecule has 1 saturated carbocycles. The fraction of sp³-hybridized carbons (Fsp3) is 0.625. The second kappa shape index (κ2) is 5.92. The van der Waals surface area contributed by atoms with Gasteiger partial charge >= 0.3 is 0 Å². The highest BCUT2D eigenvalue weighted by Gasteiger charge is 2.34. The van der Waals surface area contributed by atoms with Crippen molar-refractivity contribution in [2.24, 2.45) is 0 Å². The van der Waals surface area contributed by atoms with Crippen molar-refractivity contribution in [1.82, 2.24) is 14.8 Å². The number of nitrogens with zero attached hydrogens (tertiary/aromatic N) is 3. The first-order valence-electron chi connectivity index (χ1n) is 7.73. The molecule has 2 aliphatic rings. The third kappa shape index (κ3) is 2.85. The Kier molecular flexibility index (Phi) is 4.01. The summed E-state index contributed by atoms with van der Waals surface area (Å²) in [4.78, 5) is 20.9. The lowest BCUT2D eigenvalue weighted by Crippen LogP contribution is -2.41. The molecule has 1 aromatic heterocycles. The third-order valence-corrected chi connectivity index (χ3v) is 4.44. The van der Waals surface area contributed by atoms with Gasteiger partial charge in [-0.1, -0.05) is 0 Å². The average Bonchev–Trinajstić information content (AvgIpc) is 3.19. The van der Waals surface area contributed by atoms with E-state index in [0.717, 1.165) is 19.5 Å². The van der Waals surface area contributed by atoms with Gasteiger partial charge in [0.05, 0.1) is 6.54 Å². The molecule has 0 N–H and O–H groups in total. The Morgan fingerprint density at radius 2 is 2.10 bits per heavy atom. The number of likely N-dealkylation sites (N-methyl/N-ethyl adjacent to an activating group) is 1. The van der Waals surface area contributed by atoms with Crippen LogP contribution >= 0.6 is 0 Å². The Morgan fingerprint density at radius 1 is 1.35 bits per heavy atom. The summed E-state index contributed by atoms with van der Waals surface area (Å²) in [5.74, 6) is 0.302. The van der Waals surface area contributed by atoms with E-state index in [-0.39, 0.29) is 0 Å². The Balaban J connectivity index is 1.65. The van der Waals surface area contributed by atoms with Gasteiger partial charge in [-0.2, -0.15) is 0 Å². The molecule has 2 fully saturated rings. The number of hydrogen-bond acceptors (Lipinski definition) is 3. The molecule has 0 bridgehead atoms. The number of hydrogen-bond donors (Lipinski definition) is 0. The number of likely N-dealkylation sites (tertiary alicyclic amines) is 1. The topological polar surface area (TPSA) is 36.4 Å². The molecule has 2 heterocycles. The number of carbonyl (C=O) groups is 1. The molecule has 1 amide bonds. The van der Waals surface area contributed by atoms with Gasteiger partial charge in [0.15, 0.2) is 0 Å². The molecular weight excluding hydrogens is 250 g/mol. The minimum Gasteiger partial charge on any atom is -0.339 e. The highest BCUT2D eigenvalue weighted by molar-refractivity contribution is 5.79. The number of pyridine rings is 1. The standard InChI is InChI=1S/C16H23N3O/c1-2-19(14-5-6-14)16(20)12-18-11-3-4-15(18)13-7-9-17-10-8-13/h7-10,14-15H,2-6,11-12H2,1H3/t15-/m1/s1. The average molecular weight is 273 g/mol. The Hall–Kier alpha value is -1.42. The molecule has 108 valence electrons. The normalized spacial score (nSPS) is 22.9. The SMILES string of the molecule is CCN(C(=O)CN1CCC[C@@H]1c1ccncc1)C1CC1. The Labute approximate surface area is 120 Å². The van der Waals surface area contributed by atoms with E-state index >= 15 is 0 Å². The van der Waals surface area contributed by atoms with Gasteiger partial charge in [-0.25, -0.2) is 0 Å². The number of aromatic nitrogens is 1. The maximum absolute atomic E-state index is 12.5. The first-order valence-corrected chi connectivity index (χ1v) is 7.73. The summed E-state index contributed by atoms with van der Waals surface area (Å²) < 4.78 is 0. The van der Waals surface area contributed by atoms with Crippen LogP contribution in [0.2, 0.25) is 0 Å². The van der Waals surface area contributed by atoms with E-state index in [0.29, 0.717) is 24.5 Å². The lowest BCUT2D eigenvalue weighted by atomic mass is 10.1. The van der Waals surface area contributed by atoms with E-state index in [4.69, 9.17) is 0 Å². The van der Waals surface area contributed by atoms with Gasteiger partial charge in [-0.05, 0) is 56.8 Å². The van der Waals surface area contributed by atoms with Crippen LogP contribution < -0.4 is 0 Å². The monoisotopic (exact) mass is 273 g/mol. The van der Waals surface area contributed by atoms with E-state index in [1.807, 2.05) is 12.4 Å². The molecule has 1 aliphatic heterocycles. The van der Waals surface area contributed by atoms with E-state index in [1.165, 1.54) is 24.8 Å². The lowest BCUT2D eigenvalue weighted by molar-refractivity contribution is -0.133. The van der Waals surface area contributed by atoms with Gasteiger partial charge in [-0.15, -0.1) is 0 Å². The highest BCUT2D eigenvalue weighted by Crippen LogP contribution is 2.32. The Morgan fingerprint density at radius 3 is 2.75 bits per heavy atom. The van der Waals surface area contributed by atoms with Crippen molar-refractivity contribution < 1.29 is 4.79 Å². The maximum atomic E-state index is 12.5. The molecule has 0 aromatic carbocycles. The van der Waals surface area contributed by atoms with Crippen LogP contribution in [0.15, 0.2) is 24.5 Å². The van der Waals surface area contributed by atoms with Gasteiger partial charge in [0.2, 0.25) is 5.91 Å². The van der Waals surface area contributed by atoms with Crippen LogP contribution in [0.4, 0.5) is 0 Å². The Bertz CT molecular complexity index is 458. The van der Waals surface area contributed by atoms with Crippen LogP contribution in [0.25, 0.3) is 0 Å². The van der Waals surface area contributed by atoms with Crippen molar-refractivity contribution in [3.63, 3.8) is 0 Å². The summed E-state index contributed by atoms with van der Waals surface area (Å²) in [5, 5.41) is 0. The summed E-state index contributed by atoms with van der Waals surface area (Å²) in [6.07, 6.45) is 8.38. The van der Waals surface area contributed by atoms with Gasteiger partial charge in [0.25, 0.3) is 0 Å². The molecule has 1 aliphatic carbocycles. The molecule has 20 heavy (non-hydrogen) atoms. The molecule has 0 spiro atoms. The zero-order valence-corrected chi connectivity index (χ0v) is 12.2. The van der Waals surface area contributed by atoms with Crippen LogP contribution in [-0.2, 0) is 4.79 Å². The minimum absolute atomic E-state index is 0.302. The van der Waals surface area contributed by atoms with Gasteiger partial charge < -0.3 is 4.90 Å². The maximum Gasteiger partial charge on any atom is 0.237 e. The molecule has 1 atom stereocenters.